The van der Waals surface area contributed by atoms with Gasteiger partial charge in [-0.05, 0) is 26.0 Å². The van der Waals surface area contributed by atoms with Crippen LogP contribution in [0.5, 0.6) is 0 Å². The first-order chi connectivity index (χ1) is 12.2. The third kappa shape index (κ3) is 3.35. The summed E-state index contributed by atoms with van der Waals surface area (Å²) in [6.07, 6.45) is 1.52. The highest BCUT2D eigenvalue weighted by Crippen LogP contribution is 2.24. The van der Waals surface area contributed by atoms with Gasteiger partial charge in [0.05, 0.1) is 19.3 Å². The third-order valence-electron chi connectivity index (χ3n) is 4.43. The third-order valence-corrected chi connectivity index (χ3v) is 4.43. The van der Waals surface area contributed by atoms with Crippen LogP contribution >= 0.6 is 0 Å². The summed E-state index contributed by atoms with van der Waals surface area (Å²) in [7, 11) is 0. The molecule has 1 aliphatic heterocycles. The van der Waals surface area contributed by atoms with Gasteiger partial charge < -0.3 is 14.5 Å². The maximum absolute atomic E-state index is 5.91. The van der Waals surface area contributed by atoms with Crippen LogP contribution in [-0.4, -0.2) is 57.3 Å². The summed E-state index contributed by atoms with van der Waals surface area (Å²) in [5.74, 6) is 3.36. The van der Waals surface area contributed by atoms with E-state index in [4.69, 9.17) is 9.15 Å². The number of fused-ring (bicyclic) bond motifs is 1. The van der Waals surface area contributed by atoms with Crippen molar-refractivity contribution in [2.45, 2.75) is 19.9 Å². The molecule has 1 unspecified atom stereocenters. The molecule has 0 radical (unpaired) electrons. The Hall–Kier alpha value is -2.45. The predicted molar refractivity (Wildman–Crippen MR) is 92.6 cm³/mol. The van der Waals surface area contributed by atoms with E-state index >= 15 is 0 Å². The number of nitrogens with zero attached hydrogens (tertiary/aromatic N) is 5. The van der Waals surface area contributed by atoms with Gasteiger partial charge >= 0.3 is 0 Å². The molecule has 0 amide bonds. The molecular weight excluding hydrogens is 320 g/mol. The Labute approximate surface area is 145 Å². The van der Waals surface area contributed by atoms with Gasteiger partial charge in [-0.15, -0.1) is 0 Å². The lowest BCUT2D eigenvalue weighted by Gasteiger charge is -2.33. The molecule has 0 bridgehead atoms. The molecule has 132 valence electrons. The van der Waals surface area contributed by atoms with Gasteiger partial charge in [-0.1, -0.05) is 0 Å². The molecule has 0 saturated carbocycles. The fourth-order valence-electron chi connectivity index (χ4n) is 3.19. The summed E-state index contributed by atoms with van der Waals surface area (Å²) in [6, 6.07) is 6.17. The van der Waals surface area contributed by atoms with Crippen LogP contribution in [0.15, 0.2) is 28.9 Å². The van der Waals surface area contributed by atoms with Crippen LogP contribution in [-0.2, 0) is 4.74 Å². The van der Waals surface area contributed by atoms with E-state index in [0.717, 1.165) is 49.3 Å². The van der Waals surface area contributed by atoms with E-state index in [9.17, 15) is 0 Å². The number of rotatable bonds is 5. The van der Waals surface area contributed by atoms with Gasteiger partial charge in [0, 0.05) is 31.4 Å². The van der Waals surface area contributed by atoms with Crippen LogP contribution in [0.3, 0.4) is 0 Å². The maximum atomic E-state index is 5.91. The van der Waals surface area contributed by atoms with Crippen LogP contribution in [0.4, 0.5) is 5.82 Å². The van der Waals surface area contributed by atoms with Crippen molar-refractivity contribution < 1.29 is 9.15 Å². The van der Waals surface area contributed by atoms with Gasteiger partial charge in [-0.3, -0.25) is 4.90 Å². The lowest BCUT2D eigenvalue weighted by molar-refractivity contribution is 0.0143. The van der Waals surface area contributed by atoms with E-state index in [1.807, 2.05) is 26.0 Å². The van der Waals surface area contributed by atoms with Crippen molar-refractivity contribution in [1.82, 2.24) is 24.5 Å². The van der Waals surface area contributed by atoms with Crippen molar-refractivity contribution in [3.63, 3.8) is 0 Å². The van der Waals surface area contributed by atoms with Gasteiger partial charge in [-0.2, -0.15) is 14.6 Å². The largest absolute Gasteiger partial charge is 0.465 e. The number of morpholine rings is 1. The molecule has 3 aromatic rings. The quantitative estimate of drug-likeness (QED) is 0.757. The van der Waals surface area contributed by atoms with E-state index < -0.39 is 0 Å². The molecule has 0 aliphatic carbocycles. The van der Waals surface area contributed by atoms with Crippen molar-refractivity contribution >= 4 is 11.6 Å². The normalized spacial score (nSPS) is 17.0. The molecule has 25 heavy (non-hydrogen) atoms. The average Bonchev–Trinajstić information content (AvgIpc) is 3.25. The second-order valence-corrected chi connectivity index (χ2v) is 6.25. The Morgan fingerprint density at radius 2 is 2.08 bits per heavy atom. The van der Waals surface area contributed by atoms with E-state index in [2.05, 4.69) is 31.3 Å². The second-order valence-electron chi connectivity index (χ2n) is 6.25. The van der Waals surface area contributed by atoms with Crippen LogP contribution in [0, 0.1) is 13.8 Å². The molecule has 3 aromatic heterocycles. The van der Waals surface area contributed by atoms with Crippen molar-refractivity contribution in [2.75, 3.05) is 38.2 Å². The monoisotopic (exact) mass is 342 g/mol. The summed E-state index contributed by atoms with van der Waals surface area (Å²) in [6.45, 7) is 7.90. The Bertz CT molecular complexity index is 852. The van der Waals surface area contributed by atoms with Crippen LogP contribution in [0.1, 0.15) is 23.3 Å². The highest BCUT2D eigenvalue weighted by molar-refractivity contribution is 5.44. The summed E-state index contributed by atoms with van der Waals surface area (Å²) < 4.78 is 13.1. The number of hydrogen-bond donors (Lipinski definition) is 1. The predicted octanol–water partition coefficient (Wildman–Crippen LogP) is 1.82. The van der Waals surface area contributed by atoms with E-state index in [1.165, 1.54) is 6.33 Å². The molecule has 0 spiro atoms. The van der Waals surface area contributed by atoms with Crippen molar-refractivity contribution in [3.05, 3.63) is 41.7 Å². The Balaban J connectivity index is 1.58. The van der Waals surface area contributed by atoms with Crippen molar-refractivity contribution in [3.8, 4) is 0 Å². The van der Waals surface area contributed by atoms with Crippen LogP contribution in [0.2, 0.25) is 0 Å². The number of ether oxygens (including phenoxy) is 1. The maximum Gasteiger partial charge on any atom is 0.254 e. The first kappa shape index (κ1) is 16.0. The minimum absolute atomic E-state index is 0.129. The lowest BCUT2D eigenvalue weighted by atomic mass is 10.1. The molecule has 1 saturated heterocycles. The van der Waals surface area contributed by atoms with Gasteiger partial charge in [0.2, 0.25) is 0 Å². The number of furan rings is 1. The average molecular weight is 342 g/mol. The van der Waals surface area contributed by atoms with Crippen molar-refractivity contribution in [2.24, 2.45) is 0 Å². The topological polar surface area (TPSA) is 80.7 Å². The summed E-state index contributed by atoms with van der Waals surface area (Å²) in [5.41, 5.74) is 0.903. The minimum atomic E-state index is 0.129. The zero-order chi connectivity index (χ0) is 17.2. The highest BCUT2D eigenvalue weighted by atomic mass is 16.5. The number of aryl methyl sites for hydroxylation is 2. The molecule has 1 aliphatic rings. The zero-order valence-corrected chi connectivity index (χ0v) is 14.5. The van der Waals surface area contributed by atoms with Crippen molar-refractivity contribution in [1.29, 1.82) is 0 Å². The molecule has 4 heterocycles. The van der Waals surface area contributed by atoms with Gasteiger partial charge in [0.1, 0.15) is 23.7 Å². The summed E-state index contributed by atoms with van der Waals surface area (Å²) >= 11 is 0. The number of nitrogens with one attached hydrogen (secondary N) is 1. The second kappa shape index (κ2) is 6.81. The zero-order valence-electron chi connectivity index (χ0n) is 14.5. The first-order valence-electron chi connectivity index (χ1n) is 8.50. The number of aromatic nitrogens is 4. The number of hydrogen-bond acceptors (Lipinski definition) is 7. The van der Waals surface area contributed by atoms with Crippen LogP contribution < -0.4 is 5.32 Å². The Morgan fingerprint density at radius 3 is 2.84 bits per heavy atom. The fraction of sp³-hybridized carbons (Fsp3) is 0.471. The van der Waals surface area contributed by atoms with E-state index in [1.54, 1.807) is 4.52 Å². The van der Waals surface area contributed by atoms with Gasteiger partial charge in [0.15, 0.2) is 0 Å². The molecular formula is C17H22N6O2. The molecule has 4 rings (SSSR count). The fourth-order valence-corrected chi connectivity index (χ4v) is 3.19. The Morgan fingerprint density at radius 1 is 1.24 bits per heavy atom. The van der Waals surface area contributed by atoms with Gasteiger partial charge in [-0.25, -0.2) is 4.98 Å². The first-order valence-corrected chi connectivity index (χ1v) is 8.50. The molecule has 8 heteroatoms. The smallest absolute Gasteiger partial charge is 0.254 e. The molecule has 8 nitrogen and oxygen atoms in total. The molecule has 1 atom stereocenters. The standard InChI is InChI=1S/C17H22N6O2/c1-12-9-16(23-17(21-12)19-11-20-23)18-10-14(15-4-3-13(2)25-15)22-5-7-24-8-6-22/h3-4,9,11,14,18H,5-8,10H2,1-2H3. The molecule has 1 fully saturated rings. The van der Waals surface area contributed by atoms with E-state index in [0.29, 0.717) is 12.3 Å². The van der Waals surface area contributed by atoms with E-state index in [-0.39, 0.29) is 6.04 Å². The molecule has 0 aromatic carbocycles. The highest BCUT2D eigenvalue weighted by Gasteiger charge is 2.25. The summed E-state index contributed by atoms with van der Waals surface area (Å²) in [4.78, 5) is 10.9. The minimum Gasteiger partial charge on any atom is -0.465 e. The van der Waals surface area contributed by atoms with Gasteiger partial charge in [0.25, 0.3) is 5.78 Å². The number of anilines is 1. The summed E-state index contributed by atoms with van der Waals surface area (Å²) in [5, 5.41) is 7.75. The van der Waals surface area contributed by atoms with Crippen LogP contribution in [0.25, 0.3) is 5.78 Å². The Kier molecular flexibility index (Phi) is 4.37. The lowest BCUT2D eigenvalue weighted by Crippen LogP contribution is -2.41. The SMILES string of the molecule is Cc1cc(NCC(c2ccc(C)o2)N2CCOCC2)n2ncnc2n1. The molecule has 1 N–H and O–H groups in total.